The highest BCUT2D eigenvalue weighted by Gasteiger charge is 1.78. The highest BCUT2D eigenvalue weighted by atomic mass is 35.6. The van der Waals surface area contributed by atoms with Gasteiger partial charge in [0.2, 0.25) is 0 Å². The summed E-state index contributed by atoms with van der Waals surface area (Å²) < 4.78 is -0.750. The van der Waals surface area contributed by atoms with E-state index in [1.165, 1.54) is 0 Å². The molecule has 0 aromatic heterocycles. The minimum absolute atomic E-state index is 0.750. The first kappa shape index (κ1) is 10.6. The van der Waals surface area contributed by atoms with E-state index in [2.05, 4.69) is 6.58 Å². The van der Waals surface area contributed by atoms with E-state index in [9.17, 15) is 0 Å². The van der Waals surface area contributed by atoms with Crippen molar-refractivity contribution in [2.24, 2.45) is 0 Å². The minimum Gasteiger partial charge on any atom is -0.103 e. The molecule has 0 aliphatic carbocycles. The second kappa shape index (κ2) is 9.79. The lowest BCUT2D eigenvalue weighted by Gasteiger charge is -1.69. The second-order valence-corrected chi connectivity index (χ2v) is 2.64. The molecular formula is C4H7Cl3. The lowest BCUT2D eigenvalue weighted by Crippen LogP contribution is -1.55. The van der Waals surface area contributed by atoms with Crippen LogP contribution in [0.1, 0.15) is 6.92 Å². The molecule has 0 aromatic rings. The Balaban J connectivity index is 0. The summed E-state index contributed by atoms with van der Waals surface area (Å²) in [6.45, 7) is 5.25. The molecule has 7 heavy (non-hydrogen) atoms. The largest absolute Gasteiger partial charge is 0.180 e. The molecule has 3 heteroatoms. The fourth-order valence-electron chi connectivity index (χ4n) is 0. The molecule has 0 nitrogen and oxygen atoms in total. The molecule has 0 N–H and O–H groups in total. The zero-order chi connectivity index (χ0) is 6.28. The zero-order valence-corrected chi connectivity index (χ0v) is 6.26. The standard InChI is InChI=1S/C3H6.CHCl3/c1-3-2;2-1(3)4/h3H,1H2,2H3;1H. The number of allylic oxidation sites excluding steroid dienone is 1. The summed E-state index contributed by atoms with van der Waals surface area (Å²) in [5.41, 5.74) is 0. The maximum Gasteiger partial charge on any atom is 0.180 e. The van der Waals surface area contributed by atoms with Crippen molar-refractivity contribution in [1.29, 1.82) is 0 Å². The first-order valence-corrected chi connectivity index (χ1v) is 2.95. The molecule has 0 spiro atoms. The van der Waals surface area contributed by atoms with Gasteiger partial charge in [-0.25, -0.2) is 0 Å². The molecule has 0 radical (unpaired) electrons. The van der Waals surface area contributed by atoms with Crippen LogP contribution in [0.5, 0.6) is 0 Å². The molecule has 44 valence electrons. The van der Waals surface area contributed by atoms with Crippen molar-refractivity contribution in [2.75, 3.05) is 0 Å². The van der Waals surface area contributed by atoms with Crippen LogP contribution in [0.15, 0.2) is 12.7 Å². The Morgan fingerprint density at radius 3 is 1.43 bits per heavy atom. The average Bonchev–Trinajstić information content (AvgIpc) is 1.33. The molecule has 0 saturated carbocycles. The van der Waals surface area contributed by atoms with Crippen molar-refractivity contribution in [3.05, 3.63) is 12.7 Å². The summed E-state index contributed by atoms with van der Waals surface area (Å²) in [7, 11) is 0. The van der Waals surface area contributed by atoms with Crippen molar-refractivity contribution in [2.45, 2.75) is 11.2 Å². The Labute approximate surface area is 59.1 Å². The number of halogens is 3. The Morgan fingerprint density at radius 1 is 1.43 bits per heavy atom. The van der Waals surface area contributed by atoms with Gasteiger partial charge in [0.15, 0.2) is 4.30 Å². The van der Waals surface area contributed by atoms with Crippen LogP contribution >= 0.6 is 34.8 Å². The van der Waals surface area contributed by atoms with Crippen LogP contribution in [0.25, 0.3) is 0 Å². The first-order valence-electron chi connectivity index (χ1n) is 1.64. The lowest BCUT2D eigenvalue weighted by molar-refractivity contribution is 1.80. The fourth-order valence-corrected chi connectivity index (χ4v) is 0. The van der Waals surface area contributed by atoms with E-state index >= 15 is 0 Å². The normalized spacial score (nSPS) is 7.00. The molecule has 0 unspecified atom stereocenters. The van der Waals surface area contributed by atoms with E-state index in [4.69, 9.17) is 34.8 Å². The van der Waals surface area contributed by atoms with Crippen molar-refractivity contribution in [3.8, 4) is 0 Å². The first-order chi connectivity index (χ1) is 3.15. The molecule has 0 rings (SSSR count). The monoisotopic (exact) mass is 160 g/mol. The highest BCUT2D eigenvalue weighted by molar-refractivity contribution is 6.63. The van der Waals surface area contributed by atoms with Gasteiger partial charge in [-0.2, -0.15) is 0 Å². The molecule has 0 saturated heterocycles. The zero-order valence-electron chi connectivity index (χ0n) is 4.00. The smallest absolute Gasteiger partial charge is 0.103 e. The van der Waals surface area contributed by atoms with E-state index in [0.29, 0.717) is 0 Å². The third-order valence-corrected chi connectivity index (χ3v) is 0. The molecule has 0 heterocycles. The van der Waals surface area contributed by atoms with Gasteiger partial charge in [0, 0.05) is 0 Å². The van der Waals surface area contributed by atoms with Gasteiger partial charge in [0.05, 0.1) is 0 Å². The van der Waals surface area contributed by atoms with Crippen molar-refractivity contribution in [3.63, 3.8) is 0 Å². The van der Waals surface area contributed by atoms with E-state index in [1.54, 1.807) is 6.08 Å². The van der Waals surface area contributed by atoms with Crippen LogP contribution in [0.4, 0.5) is 0 Å². The van der Waals surface area contributed by atoms with Gasteiger partial charge in [-0.1, -0.05) is 40.9 Å². The van der Waals surface area contributed by atoms with Crippen molar-refractivity contribution in [1.82, 2.24) is 0 Å². The van der Waals surface area contributed by atoms with Crippen LogP contribution in [0.3, 0.4) is 0 Å². The predicted octanol–water partition coefficient (Wildman–Crippen LogP) is 3.18. The molecule has 0 atom stereocenters. The van der Waals surface area contributed by atoms with Gasteiger partial charge in [-0.15, -0.1) is 6.58 Å². The SMILES string of the molecule is C=CC.ClC(Cl)Cl. The number of hydrogen-bond acceptors (Lipinski definition) is 0. The summed E-state index contributed by atoms with van der Waals surface area (Å²) in [4.78, 5) is 0. The van der Waals surface area contributed by atoms with E-state index in [-0.39, 0.29) is 0 Å². The maximum atomic E-state index is 4.81. The Kier molecular flexibility index (Phi) is 14.8. The molecule has 0 aliphatic heterocycles. The summed E-state index contributed by atoms with van der Waals surface area (Å²) in [6, 6.07) is 0. The molecule has 0 aliphatic rings. The van der Waals surface area contributed by atoms with Crippen LogP contribution in [-0.4, -0.2) is 4.30 Å². The van der Waals surface area contributed by atoms with Crippen LogP contribution in [-0.2, 0) is 0 Å². The van der Waals surface area contributed by atoms with Crippen molar-refractivity contribution >= 4 is 34.8 Å². The van der Waals surface area contributed by atoms with Gasteiger partial charge in [-0.3, -0.25) is 0 Å². The molecular weight excluding hydrogens is 154 g/mol. The van der Waals surface area contributed by atoms with E-state index in [1.807, 2.05) is 6.92 Å². The lowest BCUT2D eigenvalue weighted by atomic mass is 10.8. The fraction of sp³-hybridized carbons (Fsp3) is 0.500. The maximum absolute atomic E-state index is 4.81. The van der Waals surface area contributed by atoms with Crippen molar-refractivity contribution < 1.29 is 0 Å². The van der Waals surface area contributed by atoms with Gasteiger partial charge in [-0.05, 0) is 6.92 Å². The van der Waals surface area contributed by atoms with E-state index < -0.39 is 4.30 Å². The van der Waals surface area contributed by atoms with Gasteiger partial charge < -0.3 is 0 Å². The van der Waals surface area contributed by atoms with E-state index in [0.717, 1.165) is 0 Å². The predicted molar refractivity (Wildman–Crippen MR) is 37.2 cm³/mol. The number of alkyl halides is 3. The van der Waals surface area contributed by atoms with Crippen LogP contribution in [0.2, 0.25) is 0 Å². The summed E-state index contributed by atoms with van der Waals surface area (Å²) in [5.74, 6) is 0. The molecule has 0 fully saturated rings. The number of rotatable bonds is 0. The molecule has 0 bridgehead atoms. The highest BCUT2D eigenvalue weighted by Crippen LogP contribution is 2.03. The summed E-state index contributed by atoms with van der Waals surface area (Å²) in [6.07, 6.45) is 1.75. The number of hydrogen-bond donors (Lipinski definition) is 0. The third kappa shape index (κ3) is 378. The van der Waals surface area contributed by atoms with Gasteiger partial charge in [0.1, 0.15) is 0 Å². The third-order valence-electron chi connectivity index (χ3n) is 0. The Hall–Kier alpha value is 0.610. The Bertz CT molecular complexity index is 31.2. The quantitative estimate of drug-likeness (QED) is 0.378. The molecule has 0 amide bonds. The second-order valence-electron chi connectivity index (χ2n) is 0.656. The molecule has 0 aromatic carbocycles. The summed E-state index contributed by atoms with van der Waals surface area (Å²) >= 11 is 14.4. The minimum atomic E-state index is -0.750. The summed E-state index contributed by atoms with van der Waals surface area (Å²) in [5, 5.41) is 0. The average molecular weight is 161 g/mol. The van der Waals surface area contributed by atoms with Crippen LogP contribution < -0.4 is 0 Å². The van der Waals surface area contributed by atoms with Crippen LogP contribution in [0, 0.1) is 0 Å². The van der Waals surface area contributed by atoms with Gasteiger partial charge in [0.25, 0.3) is 0 Å². The Morgan fingerprint density at radius 2 is 1.43 bits per heavy atom. The van der Waals surface area contributed by atoms with Gasteiger partial charge >= 0.3 is 0 Å². The topological polar surface area (TPSA) is 0 Å².